The Labute approximate surface area is 129 Å². The minimum absolute atomic E-state index is 0.231. The molecule has 0 spiro atoms. The molecular formula is C14H15Br2NS. The van der Waals surface area contributed by atoms with Gasteiger partial charge in [-0.15, -0.1) is 11.3 Å². The van der Waals surface area contributed by atoms with Gasteiger partial charge in [0, 0.05) is 9.35 Å². The van der Waals surface area contributed by atoms with Gasteiger partial charge in [0.15, 0.2) is 0 Å². The van der Waals surface area contributed by atoms with Gasteiger partial charge in [-0.05, 0) is 60.1 Å². The first-order valence-electron chi connectivity index (χ1n) is 5.72. The summed E-state index contributed by atoms with van der Waals surface area (Å²) in [6, 6.07) is 8.94. The highest BCUT2D eigenvalue weighted by atomic mass is 79.9. The number of aryl methyl sites for hydroxylation is 2. The molecule has 0 radical (unpaired) electrons. The zero-order valence-corrected chi connectivity index (χ0v) is 14.5. The predicted octanol–water partition coefficient (Wildman–Crippen LogP) is 5.20. The van der Waals surface area contributed by atoms with Crippen molar-refractivity contribution < 1.29 is 0 Å². The quantitative estimate of drug-likeness (QED) is 0.761. The van der Waals surface area contributed by atoms with Crippen LogP contribution in [-0.2, 0) is 0 Å². The lowest BCUT2D eigenvalue weighted by molar-refractivity contribution is 0.700. The summed E-state index contributed by atoms with van der Waals surface area (Å²) >= 11 is 9.04. The van der Waals surface area contributed by atoms with Gasteiger partial charge in [-0.3, -0.25) is 0 Å². The molecule has 0 bridgehead atoms. The largest absolute Gasteiger partial charge is 0.309 e. The van der Waals surface area contributed by atoms with Crippen LogP contribution >= 0.6 is 43.2 Å². The van der Waals surface area contributed by atoms with Gasteiger partial charge in [0.1, 0.15) is 0 Å². The van der Waals surface area contributed by atoms with Crippen LogP contribution in [0.4, 0.5) is 0 Å². The van der Waals surface area contributed by atoms with E-state index < -0.39 is 0 Å². The molecule has 0 saturated heterocycles. The normalized spacial score (nSPS) is 12.7. The Morgan fingerprint density at radius 2 is 1.89 bits per heavy atom. The lowest BCUT2D eigenvalue weighted by Gasteiger charge is -2.17. The van der Waals surface area contributed by atoms with E-state index in [0.717, 1.165) is 4.47 Å². The highest BCUT2D eigenvalue weighted by Gasteiger charge is 2.18. The first-order valence-corrected chi connectivity index (χ1v) is 8.12. The first kappa shape index (κ1) is 14.3. The van der Waals surface area contributed by atoms with Crippen LogP contribution in [0.5, 0.6) is 0 Å². The van der Waals surface area contributed by atoms with E-state index in [1.165, 1.54) is 25.4 Å². The summed E-state index contributed by atoms with van der Waals surface area (Å²) in [6.45, 7) is 4.25. The Kier molecular flexibility index (Phi) is 4.64. The summed E-state index contributed by atoms with van der Waals surface area (Å²) in [6.07, 6.45) is 0. The Hall–Kier alpha value is -0.160. The van der Waals surface area contributed by atoms with E-state index in [9.17, 15) is 0 Å². The maximum absolute atomic E-state index is 3.65. The van der Waals surface area contributed by atoms with E-state index in [1.807, 2.05) is 7.05 Å². The van der Waals surface area contributed by atoms with Gasteiger partial charge in [-0.2, -0.15) is 0 Å². The minimum atomic E-state index is 0.231. The fourth-order valence-electron chi connectivity index (χ4n) is 1.96. The summed E-state index contributed by atoms with van der Waals surface area (Å²) in [5, 5.41) is 3.40. The molecule has 1 nitrogen and oxygen atoms in total. The van der Waals surface area contributed by atoms with Crippen molar-refractivity contribution in [3.8, 4) is 0 Å². The van der Waals surface area contributed by atoms with E-state index in [-0.39, 0.29) is 6.04 Å². The third kappa shape index (κ3) is 2.87. The molecule has 0 aliphatic rings. The maximum atomic E-state index is 3.65. The van der Waals surface area contributed by atoms with Crippen LogP contribution < -0.4 is 5.32 Å². The van der Waals surface area contributed by atoms with Gasteiger partial charge in [-0.1, -0.05) is 33.6 Å². The van der Waals surface area contributed by atoms with Crippen molar-refractivity contribution in [2.24, 2.45) is 0 Å². The van der Waals surface area contributed by atoms with Gasteiger partial charge in [0.2, 0.25) is 0 Å². The van der Waals surface area contributed by atoms with Crippen molar-refractivity contribution in [3.05, 3.63) is 54.1 Å². The summed E-state index contributed by atoms with van der Waals surface area (Å²) in [5.74, 6) is 0. The number of nitrogens with one attached hydrogen (secondary N) is 1. The van der Waals surface area contributed by atoms with E-state index >= 15 is 0 Å². The van der Waals surface area contributed by atoms with Crippen molar-refractivity contribution in [2.75, 3.05) is 7.05 Å². The maximum Gasteiger partial charge on any atom is 0.0731 e. The van der Waals surface area contributed by atoms with Crippen molar-refractivity contribution in [1.29, 1.82) is 0 Å². The smallest absolute Gasteiger partial charge is 0.0731 e. The fraction of sp³-hybridized carbons (Fsp3) is 0.286. The second kappa shape index (κ2) is 5.87. The van der Waals surface area contributed by atoms with Crippen LogP contribution in [0.2, 0.25) is 0 Å². The molecular weight excluding hydrogens is 374 g/mol. The highest BCUT2D eigenvalue weighted by molar-refractivity contribution is 9.11. The molecule has 18 heavy (non-hydrogen) atoms. The molecule has 1 heterocycles. The average molecular weight is 389 g/mol. The molecule has 0 amide bonds. The average Bonchev–Trinajstić information content (AvgIpc) is 2.65. The van der Waals surface area contributed by atoms with E-state index in [2.05, 4.69) is 75.3 Å². The standard InChI is InChI=1S/C14H15Br2NS/c1-8-4-5-11(15)10(6-8)13(17-3)12-7-9(2)14(16)18-12/h4-7,13,17H,1-3H3. The number of rotatable bonds is 3. The van der Waals surface area contributed by atoms with Gasteiger partial charge in [0.05, 0.1) is 9.83 Å². The van der Waals surface area contributed by atoms with E-state index in [0.29, 0.717) is 0 Å². The van der Waals surface area contributed by atoms with Gasteiger partial charge in [0.25, 0.3) is 0 Å². The van der Waals surface area contributed by atoms with Gasteiger partial charge < -0.3 is 5.32 Å². The minimum Gasteiger partial charge on any atom is -0.309 e. The van der Waals surface area contributed by atoms with Crippen LogP contribution in [0.15, 0.2) is 32.5 Å². The lowest BCUT2D eigenvalue weighted by Crippen LogP contribution is -2.17. The molecule has 1 aromatic heterocycles. The zero-order valence-electron chi connectivity index (χ0n) is 10.6. The van der Waals surface area contributed by atoms with Crippen LogP contribution in [0.1, 0.15) is 27.6 Å². The second-order valence-corrected chi connectivity index (χ2v) is 7.61. The molecule has 96 valence electrons. The summed E-state index contributed by atoms with van der Waals surface area (Å²) in [7, 11) is 2.00. The van der Waals surface area contributed by atoms with Gasteiger partial charge >= 0.3 is 0 Å². The molecule has 0 aliphatic carbocycles. The third-order valence-electron chi connectivity index (χ3n) is 2.91. The Morgan fingerprint density at radius 3 is 2.44 bits per heavy atom. The Balaban J connectivity index is 2.48. The summed E-state index contributed by atoms with van der Waals surface area (Å²) in [5.41, 5.74) is 3.85. The number of thiophene rings is 1. The van der Waals surface area contributed by atoms with Crippen molar-refractivity contribution in [2.45, 2.75) is 19.9 Å². The fourth-order valence-corrected chi connectivity index (χ4v) is 4.14. The van der Waals surface area contributed by atoms with Crippen molar-refractivity contribution in [3.63, 3.8) is 0 Å². The molecule has 0 fully saturated rings. The Bertz CT molecular complexity index is 543. The van der Waals surface area contributed by atoms with Crippen LogP contribution in [-0.4, -0.2) is 7.05 Å². The monoisotopic (exact) mass is 387 g/mol. The molecule has 1 N–H and O–H groups in total. The topological polar surface area (TPSA) is 12.0 Å². The zero-order chi connectivity index (χ0) is 13.3. The molecule has 1 aromatic carbocycles. The molecule has 0 aliphatic heterocycles. The van der Waals surface area contributed by atoms with Crippen molar-refractivity contribution in [1.82, 2.24) is 5.32 Å². The van der Waals surface area contributed by atoms with Crippen LogP contribution in [0.3, 0.4) is 0 Å². The van der Waals surface area contributed by atoms with Crippen LogP contribution in [0, 0.1) is 13.8 Å². The lowest BCUT2D eigenvalue weighted by atomic mass is 10.0. The first-order chi connectivity index (χ1) is 8.52. The van der Waals surface area contributed by atoms with E-state index in [1.54, 1.807) is 11.3 Å². The number of hydrogen-bond donors (Lipinski definition) is 1. The molecule has 0 saturated carbocycles. The number of halogens is 2. The van der Waals surface area contributed by atoms with Gasteiger partial charge in [-0.25, -0.2) is 0 Å². The molecule has 1 unspecified atom stereocenters. The summed E-state index contributed by atoms with van der Waals surface area (Å²) in [4.78, 5) is 1.33. The predicted molar refractivity (Wildman–Crippen MR) is 86.5 cm³/mol. The molecule has 2 aromatic rings. The second-order valence-electron chi connectivity index (χ2n) is 4.35. The molecule has 2 rings (SSSR count). The van der Waals surface area contributed by atoms with Crippen LogP contribution in [0.25, 0.3) is 0 Å². The van der Waals surface area contributed by atoms with E-state index in [4.69, 9.17) is 0 Å². The van der Waals surface area contributed by atoms with Crippen molar-refractivity contribution >= 4 is 43.2 Å². The molecule has 1 atom stereocenters. The summed E-state index contributed by atoms with van der Waals surface area (Å²) < 4.78 is 2.36. The molecule has 4 heteroatoms. The third-order valence-corrected chi connectivity index (χ3v) is 5.84. The SMILES string of the molecule is CNC(c1cc(C)c(Br)s1)c1cc(C)ccc1Br. The Morgan fingerprint density at radius 1 is 1.17 bits per heavy atom. The number of benzene rings is 1. The number of hydrogen-bond acceptors (Lipinski definition) is 2. The highest BCUT2D eigenvalue weighted by Crippen LogP contribution is 2.36.